The van der Waals surface area contributed by atoms with Gasteiger partial charge in [0.2, 0.25) is 0 Å². The van der Waals surface area contributed by atoms with Gasteiger partial charge >= 0.3 is 5.97 Å². The average molecular weight is 267 g/mol. The van der Waals surface area contributed by atoms with Gasteiger partial charge < -0.3 is 5.11 Å². The number of aliphatic carboxylic acids is 1. The predicted octanol–water partition coefficient (Wildman–Crippen LogP) is 2.72. The van der Waals surface area contributed by atoms with Gasteiger partial charge in [0.05, 0.1) is 0 Å². The van der Waals surface area contributed by atoms with Crippen molar-refractivity contribution < 1.29 is 9.90 Å². The van der Waals surface area contributed by atoms with E-state index in [1.165, 1.54) is 0 Å². The summed E-state index contributed by atoms with van der Waals surface area (Å²) in [7, 11) is 0. The molecule has 0 bridgehead atoms. The van der Waals surface area contributed by atoms with Crippen LogP contribution in [0.1, 0.15) is 26.3 Å². The smallest absolute Gasteiger partial charge is 0.329 e. The molecule has 0 aliphatic rings. The summed E-state index contributed by atoms with van der Waals surface area (Å²) in [4.78, 5) is 11.8. The van der Waals surface area contributed by atoms with E-state index in [1.54, 1.807) is 11.8 Å². The maximum Gasteiger partial charge on any atom is 0.329 e. The molecule has 1 rings (SSSR count). The molecule has 1 unspecified atom stereocenters. The zero-order chi connectivity index (χ0) is 13.6. The molecule has 0 spiro atoms. The predicted molar refractivity (Wildman–Crippen MR) is 77.0 cm³/mol. The van der Waals surface area contributed by atoms with Gasteiger partial charge in [0.25, 0.3) is 0 Å². The molecule has 0 saturated heterocycles. The van der Waals surface area contributed by atoms with Crippen molar-refractivity contribution in [3.63, 3.8) is 0 Å². The lowest BCUT2D eigenvalue weighted by Gasteiger charge is -2.33. The third-order valence-electron chi connectivity index (χ3n) is 2.69. The largest absolute Gasteiger partial charge is 0.480 e. The van der Waals surface area contributed by atoms with E-state index >= 15 is 0 Å². The molecule has 1 aromatic rings. The minimum Gasteiger partial charge on any atom is -0.480 e. The van der Waals surface area contributed by atoms with Crippen molar-refractivity contribution in [3.05, 3.63) is 35.9 Å². The number of nitrogens with one attached hydrogen (secondary N) is 1. The Kier molecular flexibility index (Phi) is 5.69. The summed E-state index contributed by atoms with van der Waals surface area (Å²) in [6, 6.07) is 9.52. The zero-order valence-corrected chi connectivity index (χ0v) is 12.0. The molecule has 0 aliphatic heterocycles. The van der Waals surface area contributed by atoms with Crippen molar-refractivity contribution >= 4 is 17.7 Å². The first kappa shape index (κ1) is 15.1. The first-order valence-corrected chi connectivity index (χ1v) is 7.32. The monoisotopic (exact) mass is 267 g/mol. The maximum atomic E-state index is 11.8. The summed E-state index contributed by atoms with van der Waals surface area (Å²) in [5.41, 5.74) is -0.192. The van der Waals surface area contributed by atoms with E-state index in [2.05, 4.69) is 5.32 Å². The van der Waals surface area contributed by atoms with Crippen molar-refractivity contribution in [2.45, 2.75) is 32.4 Å². The number of carboxylic acids is 1. The van der Waals surface area contributed by atoms with E-state index in [4.69, 9.17) is 0 Å². The van der Waals surface area contributed by atoms with E-state index in [1.807, 2.05) is 51.1 Å². The molecule has 100 valence electrons. The van der Waals surface area contributed by atoms with Crippen LogP contribution in [0.2, 0.25) is 0 Å². The van der Waals surface area contributed by atoms with Gasteiger partial charge in [0.15, 0.2) is 5.54 Å². The Morgan fingerprint density at radius 1 is 1.39 bits per heavy atom. The average Bonchev–Trinajstić information content (AvgIpc) is 2.34. The minimum atomic E-state index is -1.00. The third-order valence-corrected chi connectivity index (χ3v) is 3.73. The number of hydrogen-bond acceptors (Lipinski definition) is 3. The van der Waals surface area contributed by atoms with Crippen molar-refractivity contribution in [3.8, 4) is 0 Å². The molecule has 0 saturated carbocycles. The van der Waals surface area contributed by atoms with E-state index < -0.39 is 11.5 Å². The quantitative estimate of drug-likeness (QED) is 0.797. The highest BCUT2D eigenvalue weighted by molar-refractivity contribution is 7.99. The molecule has 2 N–H and O–H groups in total. The van der Waals surface area contributed by atoms with Crippen molar-refractivity contribution in [2.75, 3.05) is 11.5 Å². The van der Waals surface area contributed by atoms with Gasteiger partial charge in [-0.25, -0.2) is 4.79 Å². The van der Waals surface area contributed by atoms with Crippen LogP contribution in [0, 0.1) is 0 Å². The Hall–Kier alpha value is -1.00. The molecule has 3 nitrogen and oxygen atoms in total. The fraction of sp³-hybridized carbons (Fsp3) is 0.500. The van der Waals surface area contributed by atoms with Crippen LogP contribution in [-0.2, 0) is 10.3 Å². The molecule has 0 amide bonds. The number of carboxylic acid groups (broad SMARTS) is 1. The molecule has 1 aromatic carbocycles. The van der Waals surface area contributed by atoms with Gasteiger partial charge in [-0.1, -0.05) is 37.3 Å². The van der Waals surface area contributed by atoms with Gasteiger partial charge in [-0.3, -0.25) is 5.32 Å². The topological polar surface area (TPSA) is 49.3 Å². The highest BCUT2D eigenvalue weighted by Crippen LogP contribution is 2.27. The molecule has 4 heteroatoms. The van der Waals surface area contributed by atoms with Gasteiger partial charge in [-0.15, -0.1) is 0 Å². The molecule has 0 aromatic heterocycles. The molecule has 0 heterocycles. The Balaban J connectivity index is 3.15. The molecular formula is C14H21NO2S. The lowest BCUT2D eigenvalue weighted by atomic mass is 9.91. The molecule has 0 aliphatic carbocycles. The van der Waals surface area contributed by atoms with Crippen molar-refractivity contribution in [1.29, 1.82) is 0 Å². The second-order valence-electron chi connectivity index (χ2n) is 4.51. The molecular weight excluding hydrogens is 246 g/mol. The summed E-state index contributed by atoms with van der Waals surface area (Å²) < 4.78 is 0. The van der Waals surface area contributed by atoms with Crippen LogP contribution in [0.3, 0.4) is 0 Å². The van der Waals surface area contributed by atoms with Crippen LogP contribution < -0.4 is 5.32 Å². The van der Waals surface area contributed by atoms with Crippen LogP contribution in [0.4, 0.5) is 0 Å². The fourth-order valence-corrected chi connectivity index (χ4v) is 2.81. The third kappa shape index (κ3) is 3.50. The Bertz CT molecular complexity index is 381. The maximum absolute atomic E-state index is 11.8. The van der Waals surface area contributed by atoms with Gasteiger partial charge in [0.1, 0.15) is 0 Å². The van der Waals surface area contributed by atoms with Crippen LogP contribution >= 0.6 is 11.8 Å². The summed E-state index contributed by atoms with van der Waals surface area (Å²) in [5, 5.41) is 12.9. The summed E-state index contributed by atoms with van der Waals surface area (Å²) in [6.07, 6.45) is 0. The molecule has 0 fully saturated rings. The summed E-state index contributed by atoms with van der Waals surface area (Å²) >= 11 is 1.64. The van der Waals surface area contributed by atoms with Gasteiger partial charge in [0, 0.05) is 11.8 Å². The number of carbonyl (C=O) groups is 1. The van der Waals surface area contributed by atoms with E-state index in [0.717, 1.165) is 11.3 Å². The first-order valence-electron chi connectivity index (χ1n) is 6.17. The van der Waals surface area contributed by atoms with Crippen LogP contribution in [-0.4, -0.2) is 28.6 Å². The fourth-order valence-electron chi connectivity index (χ4n) is 1.93. The summed E-state index contributed by atoms with van der Waals surface area (Å²) in [5.74, 6) is 0.617. The minimum absolute atomic E-state index is 0.110. The van der Waals surface area contributed by atoms with Gasteiger partial charge in [-0.05, 0) is 25.2 Å². The Morgan fingerprint density at radius 2 is 2.00 bits per heavy atom. The normalized spacial score (nSPS) is 14.4. The van der Waals surface area contributed by atoms with Gasteiger partial charge in [-0.2, -0.15) is 11.8 Å². The Labute approximate surface area is 113 Å². The molecule has 18 heavy (non-hydrogen) atoms. The highest BCUT2D eigenvalue weighted by atomic mass is 32.2. The highest BCUT2D eigenvalue weighted by Gasteiger charge is 2.40. The standard InChI is InChI=1S/C14H21NO2S/c1-4-18-10-14(13(16)17,15-11(2)3)12-8-6-5-7-9-12/h5-9,11,15H,4,10H2,1-3H3,(H,16,17). The lowest BCUT2D eigenvalue weighted by Crippen LogP contribution is -2.54. The van der Waals surface area contributed by atoms with Crippen molar-refractivity contribution in [1.82, 2.24) is 5.32 Å². The lowest BCUT2D eigenvalue weighted by molar-refractivity contribution is -0.144. The van der Waals surface area contributed by atoms with Crippen LogP contribution in [0.5, 0.6) is 0 Å². The van der Waals surface area contributed by atoms with E-state index in [-0.39, 0.29) is 6.04 Å². The second-order valence-corrected chi connectivity index (χ2v) is 5.79. The van der Waals surface area contributed by atoms with E-state index in [9.17, 15) is 9.90 Å². The Morgan fingerprint density at radius 3 is 2.44 bits per heavy atom. The van der Waals surface area contributed by atoms with Crippen LogP contribution in [0.15, 0.2) is 30.3 Å². The van der Waals surface area contributed by atoms with Crippen LogP contribution in [0.25, 0.3) is 0 Å². The number of hydrogen-bond donors (Lipinski definition) is 2. The number of thioether (sulfide) groups is 1. The second kappa shape index (κ2) is 6.81. The number of rotatable bonds is 7. The van der Waals surface area contributed by atoms with Crippen molar-refractivity contribution in [2.24, 2.45) is 0 Å². The molecule has 0 radical (unpaired) electrons. The van der Waals surface area contributed by atoms with E-state index in [0.29, 0.717) is 5.75 Å². The first-order chi connectivity index (χ1) is 8.53. The summed E-state index contributed by atoms with van der Waals surface area (Å²) in [6.45, 7) is 5.98. The SMILES string of the molecule is CCSCC(NC(C)C)(C(=O)O)c1ccccc1. The number of benzene rings is 1. The zero-order valence-electron chi connectivity index (χ0n) is 11.1. The molecule has 1 atom stereocenters.